The van der Waals surface area contributed by atoms with Crippen LogP contribution in [-0.4, -0.2) is 29.9 Å². The molecule has 1 aromatic heterocycles. The van der Waals surface area contributed by atoms with E-state index in [4.69, 9.17) is 24.7 Å². The van der Waals surface area contributed by atoms with Gasteiger partial charge in [0.15, 0.2) is 11.5 Å². The Morgan fingerprint density at radius 2 is 2.00 bits per heavy atom. The Kier molecular flexibility index (Phi) is 6.41. The second kappa shape index (κ2) is 9.58. The average Bonchev–Trinajstić information content (AvgIpc) is 3.25. The molecule has 0 radical (unpaired) electrons. The van der Waals surface area contributed by atoms with Crippen LogP contribution in [0.1, 0.15) is 37.3 Å². The number of allylic oxidation sites excluding steroid dienone is 1. The Morgan fingerprint density at radius 3 is 2.65 bits per heavy atom. The zero-order valence-electron chi connectivity index (χ0n) is 19.0. The Hall–Kier alpha value is -4.45. The van der Waals surface area contributed by atoms with Gasteiger partial charge in [0.1, 0.15) is 17.4 Å². The lowest BCUT2D eigenvalue weighted by atomic mass is 9.83. The molecule has 2 heterocycles. The van der Waals surface area contributed by atoms with Crippen LogP contribution in [0.5, 0.6) is 23.1 Å². The number of H-pyrrole nitrogens is 1. The van der Waals surface area contributed by atoms with Crippen molar-refractivity contribution in [2.45, 2.75) is 26.2 Å². The molecular formula is C25H24N4O5. The van der Waals surface area contributed by atoms with Gasteiger partial charge in [-0.3, -0.25) is 9.89 Å². The summed E-state index contributed by atoms with van der Waals surface area (Å²) in [6, 6.07) is 14.8. The van der Waals surface area contributed by atoms with E-state index in [-0.39, 0.29) is 23.1 Å². The monoisotopic (exact) mass is 460 g/mol. The second-order valence-corrected chi connectivity index (χ2v) is 7.62. The molecule has 34 heavy (non-hydrogen) atoms. The maximum atomic E-state index is 11.4. The number of aromatic amines is 1. The molecule has 4 rings (SSSR count). The van der Waals surface area contributed by atoms with E-state index in [0.717, 1.165) is 17.7 Å². The number of nitriles is 1. The third-order valence-corrected chi connectivity index (χ3v) is 5.33. The van der Waals surface area contributed by atoms with Crippen molar-refractivity contribution in [3.63, 3.8) is 0 Å². The highest BCUT2D eigenvalue weighted by Crippen LogP contribution is 2.47. The zero-order valence-corrected chi connectivity index (χ0v) is 19.0. The van der Waals surface area contributed by atoms with Crippen LogP contribution in [0.3, 0.4) is 0 Å². The number of carbonyl (C=O) groups excluding carboxylic acids is 1. The number of esters is 1. The fourth-order valence-corrected chi connectivity index (χ4v) is 3.84. The Bertz CT molecular complexity index is 1290. The molecule has 2 aromatic carbocycles. The van der Waals surface area contributed by atoms with Crippen LogP contribution in [0.25, 0.3) is 11.3 Å². The molecule has 0 spiro atoms. The lowest BCUT2D eigenvalue weighted by Crippen LogP contribution is -2.21. The third-order valence-electron chi connectivity index (χ3n) is 5.33. The largest absolute Gasteiger partial charge is 0.494 e. The number of rotatable bonds is 7. The fourth-order valence-electron chi connectivity index (χ4n) is 3.84. The summed E-state index contributed by atoms with van der Waals surface area (Å²) in [6.45, 7) is 3.99. The number of nitrogens with one attached hydrogen (secondary N) is 1. The molecule has 1 aliphatic heterocycles. The summed E-state index contributed by atoms with van der Waals surface area (Å²) < 4.78 is 22.0. The fraction of sp³-hybridized carbons (Fsp3) is 0.240. The summed E-state index contributed by atoms with van der Waals surface area (Å²) in [5.74, 6) is 0.592. The molecule has 0 bridgehead atoms. The smallest absolute Gasteiger partial charge is 0.308 e. The predicted octanol–water partition coefficient (Wildman–Crippen LogP) is 4.02. The Balaban J connectivity index is 1.81. The van der Waals surface area contributed by atoms with E-state index >= 15 is 0 Å². The number of hydrogen-bond donors (Lipinski definition) is 2. The van der Waals surface area contributed by atoms with Crippen molar-refractivity contribution in [3.8, 4) is 40.5 Å². The first-order valence-electron chi connectivity index (χ1n) is 10.7. The molecule has 174 valence electrons. The maximum Gasteiger partial charge on any atom is 0.308 e. The standard InChI is InChI=1S/C25H24N4O5/c1-4-11-32-17-8-5-15(6-9-17)23-22-21(18(13-26)24(27)34-25(22)29-28-23)16-7-10-19(33-14(2)30)20(12-16)31-3/h5-10,12,21H,4,11,27H2,1-3H3,(H,28,29). The third kappa shape index (κ3) is 4.26. The zero-order chi connectivity index (χ0) is 24.2. The van der Waals surface area contributed by atoms with Crippen LogP contribution < -0.4 is 24.7 Å². The highest BCUT2D eigenvalue weighted by atomic mass is 16.6. The van der Waals surface area contributed by atoms with Crippen molar-refractivity contribution in [1.82, 2.24) is 10.2 Å². The predicted molar refractivity (Wildman–Crippen MR) is 123 cm³/mol. The molecule has 0 saturated carbocycles. The highest BCUT2D eigenvalue weighted by molar-refractivity contribution is 5.73. The Labute approximate surface area is 196 Å². The molecule has 0 aliphatic carbocycles. The van der Waals surface area contributed by atoms with Crippen LogP contribution in [0, 0.1) is 11.3 Å². The number of fused-ring (bicyclic) bond motifs is 1. The number of nitrogens with zero attached hydrogens (tertiary/aromatic N) is 2. The molecule has 0 fully saturated rings. The van der Waals surface area contributed by atoms with Crippen LogP contribution in [0.4, 0.5) is 0 Å². The lowest BCUT2D eigenvalue weighted by molar-refractivity contribution is -0.132. The van der Waals surface area contributed by atoms with Gasteiger partial charge in [-0.1, -0.05) is 13.0 Å². The van der Waals surface area contributed by atoms with Crippen molar-refractivity contribution < 1.29 is 23.7 Å². The van der Waals surface area contributed by atoms with Gasteiger partial charge in [-0.15, -0.1) is 5.10 Å². The molecular weight excluding hydrogens is 436 g/mol. The van der Waals surface area contributed by atoms with E-state index in [0.29, 0.717) is 29.2 Å². The van der Waals surface area contributed by atoms with E-state index in [1.807, 2.05) is 31.2 Å². The Morgan fingerprint density at radius 1 is 1.24 bits per heavy atom. The number of hydrogen-bond acceptors (Lipinski definition) is 8. The van der Waals surface area contributed by atoms with Crippen LogP contribution in [-0.2, 0) is 4.79 Å². The van der Waals surface area contributed by atoms with Gasteiger partial charge in [0.25, 0.3) is 0 Å². The number of methoxy groups -OCH3 is 1. The van der Waals surface area contributed by atoms with Crippen molar-refractivity contribution >= 4 is 5.97 Å². The maximum absolute atomic E-state index is 11.4. The summed E-state index contributed by atoms with van der Waals surface area (Å²) in [6.07, 6.45) is 0.916. The van der Waals surface area contributed by atoms with Crippen molar-refractivity contribution in [2.24, 2.45) is 5.73 Å². The minimum Gasteiger partial charge on any atom is -0.494 e. The van der Waals surface area contributed by atoms with E-state index in [1.165, 1.54) is 14.0 Å². The van der Waals surface area contributed by atoms with Gasteiger partial charge in [-0.05, 0) is 48.4 Å². The van der Waals surface area contributed by atoms with Gasteiger partial charge in [0.2, 0.25) is 11.8 Å². The summed E-state index contributed by atoms with van der Waals surface area (Å²) in [7, 11) is 1.47. The number of aromatic nitrogens is 2. The molecule has 0 saturated heterocycles. The first-order chi connectivity index (χ1) is 16.5. The number of benzene rings is 2. The summed E-state index contributed by atoms with van der Waals surface area (Å²) in [5.41, 5.74) is 9.20. The average molecular weight is 460 g/mol. The summed E-state index contributed by atoms with van der Waals surface area (Å²) in [4.78, 5) is 11.4. The van der Waals surface area contributed by atoms with Gasteiger partial charge in [-0.2, -0.15) is 5.26 Å². The molecule has 9 heteroatoms. The highest BCUT2D eigenvalue weighted by Gasteiger charge is 2.36. The first-order valence-corrected chi connectivity index (χ1v) is 10.7. The van der Waals surface area contributed by atoms with Crippen LogP contribution in [0.2, 0.25) is 0 Å². The normalized spacial score (nSPS) is 14.6. The molecule has 1 aliphatic rings. The van der Waals surface area contributed by atoms with Gasteiger partial charge < -0.3 is 24.7 Å². The van der Waals surface area contributed by atoms with Crippen molar-refractivity contribution in [1.29, 1.82) is 5.26 Å². The number of carbonyl (C=O) groups is 1. The minimum atomic E-state index is -0.584. The van der Waals surface area contributed by atoms with Crippen LogP contribution >= 0.6 is 0 Å². The van der Waals surface area contributed by atoms with E-state index < -0.39 is 11.9 Å². The first kappa shape index (κ1) is 22.7. The molecule has 3 aromatic rings. The number of nitrogens with two attached hydrogens (primary N) is 1. The molecule has 1 atom stereocenters. The molecule has 9 nitrogen and oxygen atoms in total. The van der Waals surface area contributed by atoms with Gasteiger partial charge in [0, 0.05) is 12.5 Å². The van der Waals surface area contributed by atoms with Crippen LogP contribution in [0.15, 0.2) is 53.9 Å². The lowest BCUT2D eigenvalue weighted by Gasteiger charge is -2.24. The summed E-state index contributed by atoms with van der Waals surface area (Å²) in [5, 5.41) is 17.2. The summed E-state index contributed by atoms with van der Waals surface area (Å²) >= 11 is 0. The van der Waals surface area contributed by atoms with Gasteiger partial charge >= 0.3 is 5.97 Å². The molecule has 3 N–H and O–H groups in total. The van der Waals surface area contributed by atoms with E-state index in [1.54, 1.807) is 18.2 Å². The number of ether oxygens (including phenoxy) is 4. The topological polar surface area (TPSA) is 132 Å². The molecule has 1 unspecified atom stereocenters. The van der Waals surface area contributed by atoms with Crippen molar-refractivity contribution in [3.05, 3.63) is 65.0 Å². The van der Waals surface area contributed by atoms with Crippen molar-refractivity contribution in [2.75, 3.05) is 13.7 Å². The van der Waals surface area contributed by atoms with Gasteiger partial charge in [0.05, 0.1) is 30.9 Å². The second-order valence-electron chi connectivity index (χ2n) is 7.62. The SMILES string of the molecule is CCCOc1ccc(-c2[nH]nc3c2C(c2ccc(OC(C)=O)c(OC)c2)C(C#N)=C(N)O3)cc1. The molecule has 0 amide bonds. The minimum absolute atomic E-state index is 0.0237. The van der Waals surface area contributed by atoms with E-state index in [2.05, 4.69) is 16.3 Å². The quantitative estimate of drug-likeness (QED) is 0.399. The van der Waals surface area contributed by atoms with Gasteiger partial charge in [-0.25, -0.2) is 0 Å². The van der Waals surface area contributed by atoms with E-state index in [9.17, 15) is 10.1 Å².